The van der Waals surface area contributed by atoms with Gasteiger partial charge in [0, 0.05) is 12.6 Å². The standard InChI is InChI=1S/C24H24N2O2/c1-26(22(23(25)27)17-16-18-10-4-2-5-11-18)24(28)21-15-9-8-14-20(21)19-12-6-3-7-13-19/h2-15,22H,16-17H2,1H3,(H2,25,27)/t22-/m1/s1. The van der Waals surface area contributed by atoms with Crippen LogP contribution in [0.1, 0.15) is 22.3 Å². The second kappa shape index (κ2) is 9.00. The summed E-state index contributed by atoms with van der Waals surface area (Å²) in [4.78, 5) is 26.8. The number of primary amides is 1. The molecule has 3 aromatic rings. The quantitative estimate of drug-likeness (QED) is 0.683. The zero-order valence-corrected chi connectivity index (χ0v) is 15.9. The van der Waals surface area contributed by atoms with E-state index in [-0.39, 0.29) is 5.91 Å². The minimum absolute atomic E-state index is 0.212. The fraction of sp³-hybridized carbons (Fsp3) is 0.167. The van der Waals surface area contributed by atoms with Crippen molar-refractivity contribution in [2.45, 2.75) is 18.9 Å². The molecule has 0 aliphatic carbocycles. The molecule has 0 saturated heterocycles. The lowest BCUT2D eigenvalue weighted by Crippen LogP contribution is -2.46. The molecule has 0 aliphatic heterocycles. The fourth-order valence-electron chi connectivity index (χ4n) is 3.35. The molecule has 0 heterocycles. The van der Waals surface area contributed by atoms with Crippen LogP contribution in [0.25, 0.3) is 11.1 Å². The molecule has 3 aromatic carbocycles. The third-order valence-corrected chi connectivity index (χ3v) is 4.91. The summed E-state index contributed by atoms with van der Waals surface area (Å²) >= 11 is 0. The van der Waals surface area contributed by atoms with Gasteiger partial charge in [-0.15, -0.1) is 0 Å². The van der Waals surface area contributed by atoms with Crippen molar-refractivity contribution >= 4 is 11.8 Å². The maximum atomic E-state index is 13.2. The lowest BCUT2D eigenvalue weighted by molar-refractivity contribution is -0.122. The van der Waals surface area contributed by atoms with Crippen LogP contribution in [0.3, 0.4) is 0 Å². The van der Waals surface area contributed by atoms with Crippen LogP contribution < -0.4 is 5.73 Å². The van der Waals surface area contributed by atoms with E-state index < -0.39 is 11.9 Å². The molecule has 142 valence electrons. The van der Waals surface area contributed by atoms with Crippen molar-refractivity contribution in [3.63, 3.8) is 0 Å². The summed E-state index contributed by atoms with van der Waals surface area (Å²) in [5.74, 6) is -0.708. The smallest absolute Gasteiger partial charge is 0.254 e. The molecule has 0 fully saturated rings. The topological polar surface area (TPSA) is 63.4 Å². The minimum Gasteiger partial charge on any atom is -0.368 e. The molecule has 2 amide bonds. The van der Waals surface area contributed by atoms with Gasteiger partial charge in [0.2, 0.25) is 5.91 Å². The van der Waals surface area contributed by atoms with Gasteiger partial charge >= 0.3 is 0 Å². The molecule has 4 heteroatoms. The molecule has 0 aliphatic rings. The lowest BCUT2D eigenvalue weighted by Gasteiger charge is -2.26. The zero-order chi connectivity index (χ0) is 19.9. The number of hydrogen-bond donors (Lipinski definition) is 1. The van der Waals surface area contributed by atoms with Crippen LogP contribution in [0, 0.1) is 0 Å². The second-order valence-electron chi connectivity index (χ2n) is 6.77. The Labute approximate surface area is 165 Å². The van der Waals surface area contributed by atoms with Crippen molar-refractivity contribution in [3.05, 3.63) is 96.1 Å². The van der Waals surface area contributed by atoms with Gasteiger partial charge in [-0.05, 0) is 35.6 Å². The fourth-order valence-corrected chi connectivity index (χ4v) is 3.35. The summed E-state index contributed by atoms with van der Waals surface area (Å²) in [6, 6.07) is 26.4. The van der Waals surface area contributed by atoms with Crippen molar-refractivity contribution < 1.29 is 9.59 Å². The van der Waals surface area contributed by atoms with Gasteiger partial charge in [0.05, 0.1) is 0 Å². The SMILES string of the molecule is CN(C(=O)c1ccccc1-c1ccccc1)[C@H](CCc1ccccc1)C(N)=O. The number of rotatable bonds is 7. The zero-order valence-electron chi connectivity index (χ0n) is 15.9. The van der Waals surface area contributed by atoms with Crippen molar-refractivity contribution in [2.75, 3.05) is 7.05 Å². The molecule has 0 unspecified atom stereocenters. The van der Waals surface area contributed by atoms with Crippen molar-refractivity contribution in [2.24, 2.45) is 5.73 Å². The first kappa shape index (κ1) is 19.4. The number of amides is 2. The van der Waals surface area contributed by atoms with Gasteiger partial charge in [0.15, 0.2) is 0 Å². The van der Waals surface area contributed by atoms with Crippen molar-refractivity contribution in [1.82, 2.24) is 4.90 Å². The van der Waals surface area contributed by atoms with E-state index in [0.29, 0.717) is 18.4 Å². The highest BCUT2D eigenvalue weighted by Gasteiger charge is 2.27. The van der Waals surface area contributed by atoms with Crippen LogP contribution in [0.4, 0.5) is 0 Å². The van der Waals surface area contributed by atoms with E-state index >= 15 is 0 Å². The number of aryl methyl sites for hydroxylation is 1. The first-order valence-corrected chi connectivity index (χ1v) is 9.33. The Morgan fingerprint density at radius 2 is 1.43 bits per heavy atom. The number of likely N-dealkylation sites (N-methyl/N-ethyl adjacent to an activating group) is 1. The monoisotopic (exact) mass is 372 g/mol. The molecule has 2 N–H and O–H groups in total. The Bertz CT molecular complexity index is 939. The number of nitrogens with zero attached hydrogens (tertiary/aromatic N) is 1. The molecule has 0 aromatic heterocycles. The van der Waals surface area contributed by atoms with Crippen LogP contribution in [-0.2, 0) is 11.2 Å². The van der Waals surface area contributed by atoms with E-state index in [4.69, 9.17) is 5.73 Å². The Morgan fingerprint density at radius 1 is 0.857 bits per heavy atom. The van der Waals surface area contributed by atoms with Gasteiger partial charge in [-0.25, -0.2) is 0 Å². The average Bonchev–Trinajstić information content (AvgIpc) is 2.74. The van der Waals surface area contributed by atoms with Gasteiger partial charge in [0.1, 0.15) is 6.04 Å². The molecule has 0 radical (unpaired) electrons. The molecule has 28 heavy (non-hydrogen) atoms. The number of carbonyl (C=O) groups excluding carboxylic acids is 2. The molecule has 0 bridgehead atoms. The van der Waals surface area contributed by atoms with E-state index in [1.54, 1.807) is 13.1 Å². The number of benzene rings is 3. The predicted octanol–water partition coefficient (Wildman–Crippen LogP) is 3.91. The highest BCUT2D eigenvalue weighted by molar-refractivity contribution is 6.02. The lowest BCUT2D eigenvalue weighted by atomic mass is 9.97. The van der Waals surface area contributed by atoms with E-state index in [1.807, 2.05) is 78.9 Å². The van der Waals surface area contributed by atoms with E-state index in [1.165, 1.54) is 4.90 Å². The Morgan fingerprint density at radius 3 is 2.07 bits per heavy atom. The van der Waals surface area contributed by atoms with Crippen LogP contribution in [0.15, 0.2) is 84.9 Å². The largest absolute Gasteiger partial charge is 0.368 e. The van der Waals surface area contributed by atoms with Gasteiger partial charge in [-0.3, -0.25) is 9.59 Å². The molecular weight excluding hydrogens is 348 g/mol. The maximum absolute atomic E-state index is 13.2. The Balaban J connectivity index is 1.83. The van der Waals surface area contributed by atoms with Crippen molar-refractivity contribution in [3.8, 4) is 11.1 Å². The first-order chi connectivity index (χ1) is 13.6. The molecule has 0 saturated carbocycles. The average molecular weight is 372 g/mol. The van der Waals surface area contributed by atoms with E-state index in [9.17, 15) is 9.59 Å². The minimum atomic E-state index is -0.670. The van der Waals surface area contributed by atoms with Gasteiger partial charge in [0.25, 0.3) is 5.91 Å². The summed E-state index contributed by atoms with van der Waals surface area (Å²) in [5.41, 5.74) is 9.10. The third-order valence-electron chi connectivity index (χ3n) is 4.91. The van der Waals surface area contributed by atoms with Crippen LogP contribution in [-0.4, -0.2) is 29.8 Å². The maximum Gasteiger partial charge on any atom is 0.254 e. The summed E-state index contributed by atoms with van der Waals surface area (Å²) < 4.78 is 0. The van der Waals surface area contributed by atoms with Gasteiger partial charge in [-0.1, -0.05) is 78.9 Å². The van der Waals surface area contributed by atoms with Crippen LogP contribution in [0.2, 0.25) is 0 Å². The highest BCUT2D eigenvalue weighted by Crippen LogP contribution is 2.25. The van der Waals surface area contributed by atoms with Crippen molar-refractivity contribution in [1.29, 1.82) is 0 Å². The Kier molecular flexibility index (Phi) is 6.22. The number of carbonyl (C=O) groups is 2. The summed E-state index contributed by atoms with van der Waals surface area (Å²) in [6.45, 7) is 0. The predicted molar refractivity (Wildman–Crippen MR) is 112 cm³/mol. The first-order valence-electron chi connectivity index (χ1n) is 9.33. The summed E-state index contributed by atoms with van der Waals surface area (Å²) in [5, 5.41) is 0. The van der Waals surface area contributed by atoms with E-state index in [0.717, 1.165) is 16.7 Å². The van der Waals surface area contributed by atoms with Crippen LogP contribution >= 0.6 is 0 Å². The normalized spacial score (nSPS) is 11.6. The third kappa shape index (κ3) is 4.46. The Hall–Kier alpha value is -3.40. The molecular formula is C24H24N2O2. The molecule has 4 nitrogen and oxygen atoms in total. The molecule has 3 rings (SSSR count). The van der Waals surface area contributed by atoms with Gasteiger partial charge in [-0.2, -0.15) is 0 Å². The van der Waals surface area contributed by atoms with Gasteiger partial charge < -0.3 is 10.6 Å². The highest BCUT2D eigenvalue weighted by atomic mass is 16.2. The van der Waals surface area contributed by atoms with E-state index in [2.05, 4.69) is 0 Å². The summed E-state index contributed by atoms with van der Waals surface area (Å²) in [7, 11) is 1.64. The number of nitrogens with two attached hydrogens (primary N) is 1. The molecule has 1 atom stereocenters. The summed E-state index contributed by atoms with van der Waals surface area (Å²) in [6.07, 6.45) is 1.15. The number of hydrogen-bond acceptors (Lipinski definition) is 2. The molecule has 0 spiro atoms. The van der Waals surface area contributed by atoms with Crippen LogP contribution in [0.5, 0.6) is 0 Å². The second-order valence-corrected chi connectivity index (χ2v) is 6.77.